The number of carboxylic acids is 1. The number of nitrogens with one attached hydrogen (secondary N) is 2. The number of carboxylic acid groups (broad SMARTS) is 1. The first-order valence-electron chi connectivity index (χ1n) is 5.88. The van der Waals surface area contributed by atoms with Gasteiger partial charge in [-0.25, -0.2) is 4.79 Å². The summed E-state index contributed by atoms with van der Waals surface area (Å²) in [7, 11) is 0. The van der Waals surface area contributed by atoms with Crippen LogP contribution >= 0.6 is 11.8 Å². The summed E-state index contributed by atoms with van der Waals surface area (Å²) in [6.45, 7) is 1.95. The SMILES string of the molecule is CC(SCC(NC=O)C(=O)O)C(=O)NCc1ccco1. The zero-order valence-electron chi connectivity index (χ0n) is 10.9. The van der Waals surface area contributed by atoms with E-state index in [9.17, 15) is 14.4 Å². The predicted molar refractivity (Wildman–Crippen MR) is 73.1 cm³/mol. The first kappa shape index (κ1) is 16.1. The molecule has 8 heteroatoms. The molecule has 110 valence electrons. The molecule has 1 rings (SSSR count). The molecule has 0 radical (unpaired) electrons. The van der Waals surface area contributed by atoms with E-state index in [1.54, 1.807) is 19.1 Å². The number of hydrogen-bond acceptors (Lipinski definition) is 5. The van der Waals surface area contributed by atoms with Crippen molar-refractivity contribution in [1.29, 1.82) is 0 Å². The van der Waals surface area contributed by atoms with Crippen LogP contribution in [-0.2, 0) is 20.9 Å². The monoisotopic (exact) mass is 300 g/mol. The van der Waals surface area contributed by atoms with E-state index in [0.29, 0.717) is 12.2 Å². The van der Waals surface area contributed by atoms with E-state index in [1.807, 2.05) is 0 Å². The lowest BCUT2D eigenvalue weighted by atomic mass is 10.3. The molecule has 0 fully saturated rings. The topological polar surface area (TPSA) is 109 Å². The highest BCUT2D eigenvalue weighted by Crippen LogP contribution is 2.12. The molecular formula is C12H16N2O5S. The number of aliphatic carboxylic acids is 1. The zero-order chi connectivity index (χ0) is 15.0. The molecule has 0 spiro atoms. The lowest BCUT2D eigenvalue weighted by Crippen LogP contribution is -2.39. The Kier molecular flexibility index (Phi) is 6.65. The molecule has 0 aliphatic heterocycles. The second-order valence-electron chi connectivity index (χ2n) is 3.95. The summed E-state index contributed by atoms with van der Waals surface area (Å²) in [5.41, 5.74) is 0. The van der Waals surface area contributed by atoms with Gasteiger partial charge < -0.3 is 20.2 Å². The van der Waals surface area contributed by atoms with Gasteiger partial charge in [0.2, 0.25) is 12.3 Å². The van der Waals surface area contributed by atoms with Gasteiger partial charge >= 0.3 is 5.97 Å². The van der Waals surface area contributed by atoms with E-state index in [2.05, 4.69) is 10.6 Å². The second-order valence-corrected chi connectivity index (χ2v) is 5.32. The minimum absolute atomic E-state index is 0.114. The van der Waals surface area contributed by atoms with Crippen molar-refractivity contribution in [1.82, 2.24) is 10.6 Å². The van der Waals surface area contributed by atoms with Crippen LogP contribution in [0.3, 0.4) is 0 Å². The van der Waals surface area contributed by atoms with Crippen LogP contribution in [0.1, 0.15) is 12.7 Å². The summed E-state index contributed by atoms with van der Waals surface area (Å²) in [5, 5.41) is 13.3. The Hall–Kier alpha value is -1.96. The highest BCUT2D eigenvalue weighted by molar-refractivity contribution is 8.00. The largest absolute Gasteiger partial charge is 0.480 e. The van der Waals surface area contributed by atoms with Gasteiger partial charge in [-0.05, 0) is 19.1 Å². The van der Waals surface area contributed by atoms with E-state index in [0.717, 1.165) is 11.8 Å². The Morgan fingerprint density at radius 1 is 1.55 bits per heavy atom. The van der Waals surface area contributed by atoms with Crippen molar-refractivity contribution in [3.63, 3.8) is 0 Å². The number of amides is 2. The molecule has 2 unspecified atom stereocenters. The fourth-order valence-electron chi connectivity index (χ4n) is 1.32. The van der Waals surface area contributed by atoms with Crippen molar-refractivity contribution in [3.05, 3.63) is 24.2 Å². The number of carbonyl (C=O) groups is 3. The Morgan fingerprint density at radius 3 is 2.85 bits per heavy atom. The molecule has 1 aromatic heterocycles. The average Bonchev–Trinajstić information content (AvgIpc) is 2.93. The Labute approximate surface area is 120 Å². The molecular weight excluding hydrogens is 284 g/mol. The standard InChI is InChI=1S/C12H16N2O5S/c1-8(20-6-10(12(17)18)14-7-15)11(16)13-5-9-3-2-4-19-9/h2-4,7-8,10H,5-6H2,1H3,(H,13,16)(H,14,15)(H,17,18). The summed E-state index contributed by atoms with van der Waals surface area (Å²) < 4.78 is 5.08. The van der Waals surface area contributed by atoms with Gasteiger partial charge in [-0.1, -0.05) is 0 Å². The smallest absolute Gasteiger partial charge is 0.327 e. The van der Waals surface area contributed by atoms with Crippen LogP contribution in [0.5, 0.6) is 0 Å². The summed E-state index contributed by atoms with van der Waals surface area (Å²) in [5.74, 6) is -0.598. The number of rotatable bonds is 9. The third-order valence-corrected chi connectivity index (χ3v) is 3.71. The second kappa shape index (κ2) is 8.26. The number of thioether (sulfide) groups is 1. The maximum Gasteiger partial charge on any atom is 0.327 e. The van der Waals surface area contributed by atoms with Crippen LogP contribution in [0.2, 0.25) is 0 Å². The third kappa shape index (κ3) is 5.35. The molecule has 7 nitrogen and oxygen atoms in total. The van der Waals surface area contributed by atoms with Gasteiger partial charge in [-0.15, -0.1) is 11.8 Å². The predicted octanol–water partition coefficient (Wildman–Crippen LogP) is 0.217. The normalized spacial score (nSPS) is 13.2. The minimum atomic E-state index is -1.13. The van der Waals surface area contributed by atoms with E-state index in [1.165, 1.54) is 6.26 Å². The molecule has 2 atom stereocenters. The quantitative estimate of drug-likeness (QED) is 0.563. The van der Waals surface area contributed by atoms with E-state index >= 15 is 0 Å². The van der Waals surface area contributed by atoms with Crippen molar-refractivity contribution in [2.45, 2.75) is 24.8 Å². The molecule has 3 N–H and O–H groups in total. The van der Waals surface area contributed by atoms with Crippen LogP contribution in [-0.4, -0.2) is 40.4 Å². The van der Waals surface area contributed by atoms with E-state index in [4.69, 9.17) is 9.52 Å². The van der Waals surface area contributed by atoms with E-state index < -0.39 is 17.3 Å². The van der Waals surface area contributed by atoms with Gasteiger partial charge in [-0.2, -0.15) is 0 Å². The molecule has 0 aliphatic carbocycles. The third-order valence-electron chi connectivity index (χ3n) is 2.47. The van der Waals surface area contributed by atoms with Crippen molar-refractivity contribution < 1.29 is 23.9 Å². The van der Waals surface area contributed by atoms with Gasteiger partial charge in [0.25, 0.3) is 0 Å². The Bertz CT molecular complexity index is 449. The average molecular weight is 300 g/mol. The molecule has 0 aliphatic rings. The fraction of sp³-hybridized carbons (Fsp3) is 0.417. The summed E-state index contributed by atoms with van der Waals surface area (Å²) in [6, 6.07) is 2.47. The zero-order valence-corrected chi connectivity index (χ0v) is 11.7. The molecule has 0 saturated carbocycles. The van der Waals surface area contributed by atoms with Gasteiger partial charge in [0, 0.05) is 5.75 Å². The molecule has 20 heavy (non-hydrogen) atoms. The highest BCUT2D eigenvalue weighted by Gasteiger charge is 2.20. The molecule has 1 heterocycles. The highest BCUT2D eigenvalue weighted by atomic mass is 32.2. The lowest BCUT2D eigenvalue weighted by Gasteiger charge is -2.14. The fourth-order valence-corrected chi connectivity index (χ4v) is 2.27. The van der Waals surface area contributed by atoms with Crippen LogP contribution in [0.25, 0.3) is 0 Å². The van der Waals surface area contributed by atoms with Crippen LogP contribution in [0.15, 0.2) is 22.8 Å². The number of furan rings is 1. The Morgan fingerprint density at radius 2 is 2.30 bits per heavy atom. The minimum Gasteiger partial charge on any atom is -0.480 e. The lowest BCUT2D eigenvalue weighted by molar-refractivity contribution is -0.139. The van der Waals surface area contributed by atoms with Crippen LogP contribution in [0.4, 0.5) is 0 Å². The van der Waals surface area contributed by atoms with Crippen molar-refractivity contribution in [2.24, 2.45) is 0 Å². The number of hydrogen-bond donors (Lipinski definition) is 3. The summed E-state index contributed by atoms with van der Waals surface area (Å²) in [6.07, 6.45) is 1.85. The Balaban J connectivity index is 2.33. The molecule has 0 saturated heterocycles. The summed E-state index contributed by atoms with van der Waals surface area (Å²) >= 11 is 1.15. The van der Waals surface area contributed by atoms with Crippen LogP contribution < -0.4 is 10.6 Å². The van der Waals surface area contributed by atoms with Crippen molar-refractivity contribution >= 4 is 30.0 Å². The first-order chi connectivity index (χ1) is 9.54. The molecule has 1 aromatic rings. The van der Waals surface area contributed by atoms with Gasteiger partial charge in [-0.3, -0.25) is 9.59 Å². The van der Waals surface area contributed by atoms with Gasteiger partial charge in [0.1, 0.15) is 11.8 Å². The molecule has 0 bridgehead atoms. The molecule has 0 aromatic carbocycles. The number of carbonyl (C=O) groups excluding carboxylic acids is 2. The maximum absolute atomic E-state index is 11.8. The van der Waals surface area contributed by atoms with Gasteiger partial charge in [0.15, 0.2) is 0 Å². The van der Waals surface area contributed by atoms with Crippen LogP contribution in [0, 0.1) is 0 Å². The van der Waals surface area contributed by atoms with E-state index in [-0.39, 0.29) is 18.2 Å². The first-order valence-corrected chi connectivity index (χ1v) is 6.93. The van der Waals surface area contributed by atoms with Crippen molar-refractivity contribution in [2.75, 3.05) is 5.75 Å². The molecule has 2 amide bonds. The van der Waals surface area contributed by atoms with Gasteiger partial charge in [0.05, 0.1) is 18.1 Å². The van der Waals surface area contributed by atoms with Crippen molar-refractivity contribution in [3.8, 4) is 0 Å². The maximum atomic E-state index is 11.8. The summed E-state index contributed by atoms with van der Waals surface area (Å²) in [4.78, 5) is 32.8.